The Morgan fingerprint density at radius 1 is 1.15 bits per heavy atom. The van der Waals surface area contributed by atoms with Gasteiger partial charge in [0.05, 0.1) is 12.6 Å². The van der Waals surface area contributed by atoms with Crippen LogP contribution in [0.5, 0.6) is 5.75 Å². The van der Waals surface area contributed by atoms with Crippen LogP contribution in [0, 0.1) is 11.3 Å². The fourth-order valence-electron chi connectivity index (χ4n) is 3.75. The maximum Gasteiger partial charge on any atom is 0.235 e. The van der Waals surface area contributed by atoms with Crippen LogP contribution in [0.3, 0.4) is 0 Å². The molecule has 0 atom stereocenters. The molecule has 2 fully saturated rings. The normalized spacial score (nSPS) is 20.1. The van der Waals surface area contributed by atoms with E-state index in [0.29, 0.717) is 18.2 Å². The van der Waals surface area contributed by atoms with Crippen molar-refractivity contribution in [1.82, 2.24) is 15.1 Å². The SMILES string of the molecule is N#CC1(NC(=O)CN2CCN(CCOc3ccc(Cl)cc3)CC2)CCCC1. The van der Waals surface area contributed by atoms with Crippen LogP contribution < -0.4 is 10.1 Å². The summed E-state index contributed by atoms with van der Waals surface area (Å²) in [4.78, 5) is 16.8. The molecule has 0 radical (unpaired) electrons. The molecule has 0 spiro atoms. The molecule has 6 nitrogen and oxygen atoms in total. The molecule has 0 bridgehead atoms. The molecule has 7 heteroatoms. The number of amides is 1. The third kappa shape index (κ3) is 5.83. The zero-order valence-corrected chi connectivity index (χ0v) is 16.4. The van der Waals surface area contributed by atoms with Gasteiger partial charge >= 0.3 is 0 Å². The molecule has 1 aliphatic carbocycles. The molecule has 1 saturated carbocycles. The number of nitrogens with zero attached hydrogens (tertiary/aromatic N) is 3. The predicted molar refractivity (Wildman–Crippen MR) is 105 cm³/mol. The molecule has 1 amide bonds. The lowest BCUT2D eigenvalue weighted by Gasteiger charge is -2.34. The van der Waals surface area contributed by atoms with Gasteiger partial charge in [-0.05, 0) is 49.9 Å². The summed E-state index contributed by atoms with van der Waals surface area (Å²) in [5, 5.41) is 13.1. The largest absolute Gasteiger partial charge is 0.492 e. The third-order valence-corrected chi connectivity index (χ3v) is 5.62. The Bertz CT molecular complexity index is 660. The predicted octanol–water partition coefficient (Wildman–Crippen LogP) is 2.29. The lowest BCUT2D eigenvalue weighted by molar-refractivity contribution is -0.124. The van der Waals surface area contributed by atoms with E-state index in [0.717, 1.165) is 64.2 Å². The van der Waals surface area contributed by atoms with E-state index in [9.17, 15) is 10.1 Å². The molecule has 1 N–H and O–H groups in total. The molecule has 0 unspecified atom stereocenters. The Kier molecular flexibility index (Phi) is 6.95. The molecule has 27 heavy (non-hydrogen) atoms. The second kappa shape index (κ2) is 9.41. The maximum absolute atomic E-state index is 12.3. The number of benzene rings is 1. The molecule has 0 aromatic heterocycles. The lowest BCUT2D eigenvalue weighted by Crippen LogP contribution is -2.53. The summed E-state index contributed by atoms with van der Waals surface area (Å²) < 4.78 is 5.74. The van der Waals surface area contributed by atoms with Gasteiger partial charge in [-0.1, -0.05) is 11.6 Å². The first-order valence-corrected chi connectivity index (χ1v) is 10.0. The van der Waals surface area contributed by atoms with Crippen LogP contribution >= 0.6 is 11.6 Å². The van der Waals surface area contributed by atoms with Crippen LogP contribution in [0.1, 0.15) is 25.7 Å². The molecule has 1 aromatic rings. The van der Waals surface area contributed by atoms with E-state index >= 15 is 0 Å². The number of nitriles is 1. The Hall–Kier alpha value is -1.81. The van der Waals surface area contributed by atoms with Crippen LogP contribution in [0.15, 0.2) is 24.3 Å². The summed E-state index contributed by atoms with van der Waals surface area (Å²) in [5.41, 5.74) is -0.627. The summed E-state index contributed by atoms with van der Waals surface area (Å²) in [6, 6.07) is 9.70. The van der Waals surface area contributed by atoms with Gasteiger partial charge in [-0.3, -0.25) is 14.6 Å². The van der Waals surface area contributed by atoms with Crippen molar-refractivity contribution in [2.24, 2.45) is 0 Å². The summed E-state index contributed by atoms with van der Waals surface area (Å²) in [5.74, 6) is 0.797. The molecule has 1 aliphatic heterocycles. The van der Waals surface area contributed by atoms with Gasteiger partial charge in [-0.2, -0.15) is 5.26 Å². The summed E-state index contributed by atoms with van der Waals surface area (Å²) >= 11 is 5.87. The summed E-state index contributed by atoms with van der Waals surface area (Å²) in [6.45, 7) is 5.41. The van der Waals surface area contributed by atoms with Crippen molar-refractivity contribution in [2.75, 3.05) is 45.9 Å². The Labute approximate surface area is 166 Å². The van der Waals surface area contributed by atoms with Crippen LogP contribution in [-0.4, -0.2) is 67.1 Å². The first-order valence-electron chi connectivity index (χ1n) is 9.64. The van der Waals surface area contributed by atoms with Crippen LogP contribution in [0.4, 0.5) is 0 Å². The van der Waals surface area contributed by atoms with E-state index in [-0.39, 0.29) is 5.91 Å². The molecule has 3 rings (SSSR count). The number of carbonyl (C=O) groups excluding carboxylic acids is 1. The van der Waals surface area contributed by atoms with Gasteiger partial charge in [-0.15, -0.1) is 0 Å². The summed E-state index contributed by atoms with van der Waals surface area (Å²) in [6.07, 6.45) is 3.59. The average Bonchev–Trinajstić information content (AvgIpc) is 3.13. The minimum absolute atomic E-state index is 0.0297. The van der Waals surface area contributed by atoms with Crippen LogP contribution in [0.25, 0.3) is 0 Å². The number of ether oxygens (including phenoxy) is 1. The van der Waals surface area contributed by atoms with Gasteiger partial charge in [0.15, 0.2) is 0 Å². The number of hydrogen-bond donors (Lipinski definition) is 1. The number of rotatable bonds is 7. The monoisotopic (exact) mass is 390 g/mol. The van der Waals surface area contributed by atoms with Crippen molar-refractivity contribution < 1.29 is 9.53 Å². The molecular weight excluding hydrogens is 364 g/mol. The Morgan fingerprint density at radius 2 is 1.78 bits per heavy atom. The highest BCUT2D eigenvalue weighted by atomic mass is 35.5. The standard InChI is InChI=1S/C20H27ClN4O2/c21-17-3-5-18(6-4-17)27-14-13-24-9-11-25(12-10-24)15-19(26)23-20(16-22)7-1-2-8-20/h3-6H,1-2,7-15H2,(H,23,26). The third-order valence-electron chi connectivity index (χ3n) is 5.37. The molecule has 146 valence electrons. The number of halogens is 1. The second-order valence-electron chi connectivity index (χ2n) is 7.37. The maximum atomic E-state index is 12.3. The van der Waals surface area contributed by atoms with Gasteiger partial charge in [0, 0.05) is 37.7 Å². The number of nitrogens with one attached hydrogen (secondary N) is 1. The van der Waals surface area contributed by atoms with Crippen LogP contribution in [0.2, 0.25) is 5.02 Å². The first-order chi connectivity index (χ1) is 13.1. The highest BCUT2D eigenvalue weighted by Crippen LogP contribution is 2.28. The van der Waals surface area contributed by atoms with Crippen LogP contribution in [-0.2, 0) is 4.79 Å². The fourth-order valence-corrected chi connectivity index (χ4v) is 3.87. The van der Waals surface area contributed by atoms with Crippen molar-refractivity contribution in [2.45, 2.75) is 31.2 Å². The Morgan fingerprint density at radius 3 is 2.41 bits per heavy atom. The van der Waals surface area contributed by atoms with Gasteiger partial charge in [0.2, 0.25) is 5.91 Å². The highest BCUT2D eigenvalue weighted by molar-refractivity contribution is 6.30. The van der Waals surface area contributed by atoms with Gasteiger partial charge in [-0.25, -0.2) is 0 Å². The van der Waals surface area contributed by atoms with E-state index in [4.69, 9.17) is 16.3 Å². The molecule has 2 aliphatic rings. The van der Waals surface area contributed by atoms with Crippen molar-refractivity contribution in [3.05, 3.63) is 29.3 Å². The quantitative estimate of drug-likeness (QED) is 0.773. The zero-order chi connectivity index (χ0) is 19.1. The first kappa shape index (κ1) is 19.9. The summed E-state index contributed by atoms with van der Waals surface area (Å²) in [7, 11) is 0. The number of hydrogen-bond acceptors (Lipinski definition) is 5. The average molecular weight is 391 g/mol. The smallest absolute Gasteiger partial charge is 0.235 e. The number of piperazine rings is 1. The Balaban J connectivity index is 1.33. The van der Waals surface area contributed by atoms with Crippen molar-refractivity contribution in [3.63, 3.8) is 0 Å². The fraction of sp³-hybridized carbons (Fsp3) is 0.600. The van der Waals surface area contributed by atoms with E-state index in [1.54, 1.807) is 0 Å². The van der Waals surface area contributed by atoms with Crippen molar-refractivity contribution >= 4 is 17.5 Å². The van der Waals surface area contributed by atoms with E-state index in [1.165, 1.54) is 0 Å². The van der Waals surface area contributed by atoms with E-state index < -0.39 is 5.54 Å². The topological polar surface area (TPSA) is 68.6 Å². The minimum atomic E-state index is -0.627. The van der Waals surface area contributed by atoms with Gasteiger partial charge < -0.3 is 10.1 Å². The molecule has 1 heterocycles. The zero-order valence-electron chi connectivity index (χ0n) is 15.6. The molecular formula is C20H27ClN4O2. The second-order valence-corrected chi connectivity index (χ2v) is 7.81. The van der Waals surface area contributed by atoms with Crippen molar-refractivity contribution in [1.29, 1.82) is 5.26 Å². The molecule has 1 aromatic carbocycles. The lowest BCUT2D eigenvalue weighted by atomic mass is 10.00. The minimum Gasteiger partial charge on any atom is -0.492 e. The van der Waals surface area contributed by atoms with Gasteiger partial charge in [0.25, 0.3) is 0 Å². The van der Waals surface area contributed by atoms with E-state index in [2.05, 4.69) is 21.2 Å². The van der Waals surface area contributed by atoms with Gasteiger partial charge in [0.1, 0.15) is 17.9 Å². The van der Waals surface area contributed by atoms with E-state index in [1.807, 2.05) is 24.3 Å². The molecule has 1 saturated heterocycles. The number of carbonyl (C=O) groups is 1. The van der Waals surface area contributed by atoms with Crippen molar-refractivity contribution in [3.8, 4) is 11.8 Å². The highest BCUT2D eigenvalue weighted by Gasteiger charge is 2.35.